The van der Waals surface area contributed by atoms with Gasteiger partial charge in [-0.2, -0.15) is 0 Å². The van der Waals surface area contributed by atoms with Gasteiger partial charge in [0.2, 0.25) is 0 Å². The molecule has 0 fully saturated rings. The summed E-state index contributed by atoms with van der Waals surface area (Å²) in [6.07, 6.45) is 3.04. The van der Waals surface area contributed by atoms with Gasteiger partial charge in [-0.3, -0.25) is 4.79 Å². The Morgan fingerprint density at radius 2 is 2.22 bits per heavy atom. The van der Waals surface area contributed by atoms with E-state index >= 15 is 0 Å². The first-order valence-electron chi connectivity index (χ1n) is 6.49. The Labute approximate surface area is 109 Å². The van der Waals surface area contributed by atoms with Crippen molar-refractivity contribution >= 4 is 5.78 Å². The molecular formula is C14H22N2O2. The van der Waals surface area contributed by atoms with Crippen molar-refractivity contribution in [2.45, 2.75) is 39.7 Å². The number of ketones is 1. The minimum absolute atomic E-state index is 0.0580. The molecule has 1 aromatic rings. The summed E-state index contributed by atoms with van der Waals surface area (Å²) in [5.74, 6) is 0.773. The number of ether oxygens (including phenoxy) is 1. The molecule has 1 heterocycles. The summed E-state index contributed by atoms with van der Waals surface area (Å²) in [6.45, 7) is 7.67. The maximum absolute atomic E-state index is 11.4. The molecule has 18 heavy (non-hydrogen) atoms. The van der Waals surface area contributed by atoms with Crippen LogP contribution in [0.25, 0.3) is 0 Å². The fourth-order valence-electron chi connectivity index (χ4n) is 1.46. The third kappa shape index (κ3) is 5.27. The van der Waals surface area contributed by atoms with Gasteiger partial charge >= 0.3 is 0 Å². The number of rotatable bonds is 8. The van der Waals surface area contributed by atoms with Crippen LogP contribution in [0.5, 0.6) is 5.75 Å². The molecule has 0 aliphatic heterocycles. The lowest BCUT2D eigenvalue weighted by Crippen LogP contribution is -2.24. The molecule has 1 rings (SSSR count). The Hall–Kier alpha value is -1.42. The summed E-state index contributed by atoms with van der Waals surface area (Å²) < 4.78 is 5.54. The first-order valence-corrected chi connectivity index (χ1v) is 6.49. The molecule has 4 heteroatoms. The summed E-state index contributed by atoms with van der Waals surface area (Å²) >= 11 is 0. The summed E-state index contributed by atoms with van der Waals surface area (Å²) in [5.41, 5.74) is 0.506. The van der Waals surface area contributed by atoms with Gasteiger partial charge in [0.15, 0.2) is 5.78 Å². The van der Waals surface area contributed by atoms with Crippen molar-refractivity contribution in [1.82, 2.24) is 10.3 Å². The Balaban J connectivity index is 2.29. The number of carbonyl (C=O) groups is 1. The standard InChI is InChI=1S/C14H22N2O2/c1-4-14(17)13-7-6-12(10-16-13)18-9-5-8-15-11(2)3/h6-7,10-11,15H,4-5,8-9H2,1-3H3. The van der Waals surface area contributed by atoms with Crippen molar-refractivity contribution in [2.24, 2.45) is 0 Å². The maximum atomic E-state index is 11.4. The highest BCUT2D eigenvalue weighted by atomic mass is 16.5. The van der Waals surface area contributed by atoms with Crippen LogP contribution in [0.2, 0.25) is 0 Å². The topological polar surface area (TPSA) is 51.2 Å². The van der Waals surface area contributed by atoms with Gasteiger partial charge in [-0.1, -0.05) is 20.8 Å². The van der Waals surface area contributed by atoms with E-state index in [2.05, 4.69) is 24.1 Å². The number of hydrogen-bond donors (Lipinski definition) is 1. The predicted molar refractivity (Wildman–Crippen MR) is 72.1 cm³/mol. The normalized spacial score (nSPS) is 10.7. The number of pyridine rings is 1. The van der Waals surface area contributed by atoms with Crippen LogP contribution in [-0.4, -0.2) is 30.0 Å². The second-order valence-corrected chi connectivity index (χ2v) is 4.47. The van der Waals surface area contributed by atoms with E-state index in [1.165, 1.54) is 0 Å². The van der Waals surface area contributed by atoms with E-state index in [4.69, 9.17) is 4.74 Å². The fourth-order valence-corrected chi connectivity index (χ4v) is 1.46. The van der Waals surface area contributed by atoms with E-state index in [9.17, 15) is 4.79 Å². The van der Waals surface area contributed by atoms with E-state index in [0.29, 0.717) is 30.5 Å². The predicted octanol–water partition coefficient (Wildman–Crippen LogP) is 2.44. The van der Waals surface area contributed by atoms with Crippen LogP contribution < -0.4 is 10.1 Å². The number of carbonyl (C=O) groups excluding carboxylic acids is 1. The zero-order valence-corrected chi connectivity index (χ0v) is 11.4. The number of Topliss-reactive ketones (excluding diaryl/α,β-unsaturated/α-hetero) is 1. The van der Waals surface area contributed by atoms with E-state index in [1.54, 1.807) is 18.3 Å². The molecule has 1 aromatic heterocycles. The highest BCUT2D eigenvalue weighted by molar-refractivity contribution is 5.93. The summed E-state index contributed by atoms with van der Waals surface area (Å²) in [5, 5.41) is 3.32. The average Bonchev–Trinajstić information content (AvgIpc) is 2.38. The molecule has 0 bridgehead atoms. The number of nitrogens with one attached hydrogen (secondary N) is 1. The summed E-state index contributed by atoms with van der Waals surface area (Å²) in [4.78, 5) is 15.5. The Morgan fingerprint density at radius 3 is 2.78 bits per heavy atom. The molecule has 0 saturated heterocycles. The third-order valence-corrected chi connectivity index (χ3v) is 2.49. The van der Waals surface area contributed by atoms with E-state index in [-0.39, 0.29) is 5.78 Å². The van der Waals surface area contributed by atoms with Crippen molar-refractivity contribution in [3.63, 3.8) is 0 Å². The molecule has 0 aliphatic carbocycles. The summed E-state index contributed by atoms with van der Waals surface area (Å²) in [6, 6.07) is 4.02. The zero-order chi connectivity index (χ0) is 13.4. The van der Waals surface area contributed by atoms with Gasteiger partial charge in [0, 0.05) is 12.5 Å². The molecule has 1 N–H and O–H groups in total. The monoisotopic (exact) mass is 250 g/mol. The van der Waals surface area contributed by atoms with Crippen LogP contribution in [0.3, 0.4) is 0 Å². The first kappa shape index (κ1) is 14.6. The smallest absolute Gasteiger partial charge is 0.180 e. The van der Waals surface area contributed by atoms with E-state index < -0.39 is 0 Å². The summed E-state index contributed by atoms with van der Waals surface area (Å²) in [7, 11) is 0. The Kier molecular flexibility index (Phi) is 6.36. The molecule has 0 aromatic carbocycles. The van der Waals surface area contributed by atoms with Crippen molar-refractivity contribution in [3.05, 3.63) is 24.0 Å². The van der Waals surface area contributed by atoms with Gasteiger partial charge < -0.3 is 10.1 Å². The number of nitrogens with zero attached hydrogens (tertiary/aromatic N) is 1. The third-order valence-electron chi connectivity index (χ3n) is 2.49. The van der Waals surface area contributed by atoms with Crippen LogP contribution in [0.1, 0.15) is 44.1 Å². The lowest BCUT2D eigenvalue weighted by Gasteiger charge is -2.09. The van der Waals surface area contributed by atoms with Crippen molar-refractivity contribution in [3.8, 4) is 5.75 Å². The first-order chi connectivity index (χ1) is 8.63. The van der Waals surface area contributed by atoms with Crippen LogP contribution in [0, 0.1) is 0 Å². The molecule has 0 spiro atoms. The number of aromatic nitrogens is 1. The highest BCUT2D eigenvalue weighted by Crippen LogP contribution is 2.10. The van der Waals surface area contributed by atoms with Gasteiger partial charge in [-0.05, 0) is 25.1 Å². The van der Waals surface area contributed by atoms with Crippen LogP contribution in [0.4, 0.5) is 0 Å². The molecule has 0 radical (unpaired) electrons. The molecular weight excluding hydrogens is 228 g/mol. The van der Waals surface area contributed by atoms with Crippen molar-refractivity contribution < 1.29 is 9.53 Å². The maximum Gasteiger partial charge on any atom is 0.180 e. The highest BCUT2D eigenvalue weighted by Gasteiger charge is 2.04. The van der Waals surface area contributed by atoms with Gasteiger partial charge in [-0.25, -0.2) is 4.98 Å². The molecule has 0 unspecified atom stereocenters. The zero-order valence-electron chi connectivity index (χ0n) is 11.4. The van der Waals surface area contributed by atoms with Crippen molar-refractivity contribution in [1.29, 1.82) is 0 Å². The molecule has 0 saturated carbocycles. The van der Waals surface area contributed by atoms with E-state index in [0.717, 1.165) is 13.0 Å². The van der Waals surface area contributed by atoms with Crippen LogP contribution in [-0.2, 0) is 0 Å². The van der Waals surface area contributed by atoms with Gasteiger partial charge in [0.05, 0.1) is 12.8 Å². The SMILES string of the molecule is CCC(=O)c1ccc(OCCCNC(C)C)cn1. The Morgan fingerprint density at radius 1 is 1.44 bits per heavy atom. The van der Waals surface area contributed by atoms with E-state index in [1.807, 2.05) is 6.92 Å². The van der Waals surface area contributed by atoms with Gasteiger partial charge in [0.1, 0.15) is 11.4 Å². The van der Waals surface area contributed by atoms with Gasteiger partial charge in [-0.15, -0.1) is 0 Å². The average molecular weight is 250 g/mol. The quantitative estimate of drug-likeness (QED) is 0.568. The molecule has 0 aliphatic rings. The largest absolute Gasteiger partial charge is 0.492 e. The Bertz CT molecular complexity index is 361. The second kappa shape index (κ2) is 7.82. The molecule has 4 nitrogen and oxygen atoms in total. The second-order valence-electron chi connectivity index (χ2n) is 4.47. The number of hydrogen-bond acceptors (Lipinski definition) is 4. The molecule has 0 amide bonds. The lowest BCUT2D eigenvalue weighted by molar-refractivity contribution is 0.0983. The lowest BCUT2D eigenvalue weighted by atomic mass is 10.2. The van der Waals surface area contributed by atoms with Crippen molar-refractivity contribution in [2.75, 3.05) is 13.2 Å². The molecule has 100 valence electrons. The van der Waals surface area contributed by atoms with Crippen LogP contribution in [0.15, 0.2) is 18.3 Å². The van der Waals surface area contributed by atoms with Crippen LogP contribution >= 0.6 is 0 Å². The minimum Gasteiger partial charge on any atom is -0.492 e. The fraction of sp³-hybridized carbons (Fsp3) is 0.571. The van der Waals surface area contributed by atoms with Gasteiger partial charge in [0.25, 0.3) is 0 Å². The minimum atomic E-state index is 0.0580. The molecule has 0 atom stereocenters.